The highest BCUT2D eigenvalue weighted by molar-refractivity contribution is 7.98. The Kier molecular flexibility index (Phi) is 5.90. The Hall–Kier alpha value is -3.06. The van der Waals surface area contributed by atoms with Crippen molar-refractivity contribution in [3.63, 3.8) is 0 Å². The molecule has 0 bridgehead atoms. The second-order valence-electron chi connectivity index (χ2n) is 7.13. The molecule has 2 aromatic heterocycles. The lowest BCUT2D eigenvalue weighted by Gasteiger charge is -2.12. The van der Waals surface area contributed by atoms with E-state index in [-0.39, 0.29) is 5.56 Å². The van der Waals surface area contributed by atoms with Crippen molar-refractivity contribution in [3.8, 4) is 5.75 Å². The summed E-state index contributed by atoms with van der Waals surface area (Å²) >= 11 is 1.57. The van der Waals surface area contributed by atoms with Crippen LogP contribution in [-0.4, -0.2) is 26.4 Å². The first-order valence-corrected chi connectivity index (χ1v) is 10.8. The number of fused-ring (bicyclic) bond motifs is 1. The fourth-order valence-electron chi connectivity index (χ4n) is 3.18. The van der Waals surface area contributed by atoms with E-state index in [1.165, 1.54) is 11.1 Å². The van der Waals surface area contributed by atoms with E-state index in [0.717, 1.165) is 17.1 Å². The molecule has 4 aromatic rings. The van der Waals surface area contributed by atoms with Crippen LogP contribution < -0.4 is 10.3 Å². The number of thioether (sulfide) groups is 1. The summed E-state index contributed by atoms with van der Waals surface area (Å²) in [5.74, 6) is 1.53. The number of hydrogen-bond acceptors (Lipinski definition) is 5. The molecule has 0 fully saturated rings. The number of nitrogens with zero attached hydrogens (tertiary/aromatic N) is 4. The maximum absolute atomic E-state index is 13.3. The van der Waals surface area contributed by atoms with Gasteiger partial charge >= 0.3 is 0 Å². The topological polar surface area (TPSA) is 61.9 Å². The lowest BCUT2D eigenvalue weighted by Crippen LogP contribution is -2.24. The highest BCUT2D eigenvalue weighted by atomic mass is 32.2. The summed E-state index contributed by atoms with van der Waals surface area (Å²) in [6.45, 7) is 5.19. The van der Waals surface area contributed by atoms with E-state index in [1.54, 1.807) is 28.1 Å². The standard InChI is InChI=1S/C23H24N4O2S/c1-4-26-14-20-21(25-26)22(28)27(13-17-9-11-19(29-3)12-10-17)23(24-20)30-15-18-7-5-16(2)6-8-18/h5-12,14H,4,13,15H2,1-3H3. The van der Waals surface area contributed by atoms with E-state index in [1.807, 2.05) is 37.4 Å². The first-order chi connectivity index (χ1) is 14.6. The number of aromatic nitrogens is 4. The zero-order chi connectivity index (χ0) is 21.1. The largest absolute Gasteiger partial charge is 0.497 e. The normalized spacial score (nSPS) is 11.2. The fraction of sp³-hybridized carbons (Fsp3) is 0.261. The number of methoxy groups -OCH3 is 1. The van der Waals surface area contributed by atoms with Crippen molar-refractivity contribution >= 4 is 22.8 Å². The van der Waals surface area contributed by atoms with E-state index >= 15 is 0 Å². The smallest absolute Gasteiger partial charge is 0.282 e. The highest BCUT2D eigenvalue weighted by Crippen LogP contribution is 2.23. The molecule has 0 aliphatic heterocycles. The summed E-state index contributed by atoms with van der Waals surface area (Å²) < 4.78 is 8.71. The summed E-state index contributed by atoms with van der Waals surface area (Å²) in [6, 6.07) is 16.2. The molecule has 2 aromatic carbocycles. The zero-order valence-electron chi connectivity index (χ0n) is 17.3. The molecule has 0 radical (unpaired) electrons. The lowest BCUT2D eigenvalue weighted by molar-refractivity contribution is 0.414. The second-order valence-corrected chi connectivity index (χ2v) is 8.07. The van der Waals surface area contributed by atoms with Crippen molar-refractivity contribution in [2.24, 2.45) is 0 Å². The van der Waals surface area contributed by atoms with Gasteiger partial charge in [-0.25, -0.2) is 4.98 Å². The van der Waals surface area contributed by atoms with Crippen molar-refractivity contribution in [1.29, 1.82) is 0 Å². The van der Waals surface area contributed by atoms with Gasteiger partial charge in [0.1, 0.15) is 11.3 Å². The van der Waals surface area contributed by atoms with Crippen LogP contribution >= 0.6 is 11.8 Å². The van der Waals surface area contributed by atoms with Gasteiger partial charge in [-0.2, -0.15) is 5.10 Å². The van der Waals surface area contributed by atoms with Gasteiger partial charge in [0.15, 0.2) is 10.7 Å². The van der Waals surface area contributed by atoms with Crippen LogP contribution in [0.2, 0.25) is 0 Å². The molecule has 0 unspecified atom stereocenters. The molecule has 7 heteroatoms. The first-order valence-electron chi connectivity index (χ1n) is 9.86. The first kappa shape index (κ1) is 20.2. The second kappa shape index (κ2) is 8.75. The van der Waals surface area contributed by atoms with Gasteiger partial charge in [-0.3, -0.25) is 14.0 Å². The minimum Gasteiger partial charge on any atom is -0.497 e. The van der Waals surface area contributed by atoms with E-state index in [0.29, 0.717) is 29.3 Å². The van der Waals surface area contributed by atoms with Crippen LogP contribution in [0.5, 0.6) is 5.75 Å². The number of ether oxygens (including phenoxy) is 1. The summed E-state index contributed by atoms with van der Waals surface area (Å²) in [4.78, 5) is 18.1. The van der Waals surface area contributed by atoms with Crippen molar-refractivity contribution in [2.75, 3.05) is 7.11 Å². The molecule has 0 saturated carbocycles. The number of aryl methyl sites for hydroxylation is 2. The van der Waals surface area contributed by atoms with Crippen LogP contribution in [0, 0.1) is 6.92 Å². The van der Waals surface area contributed by atoms with Crippen molar-refractivity contribution in [2.45, 2.75) is 37.8 Å². The monoisotopic (exact) mass is 420 g/mol. The molecule has 0 amide bonds. The molecule has 0 N–H and O–H groups in total. The molecule has 2 heterocycles. The van der Waals surface area contributed by atoms with Crippen LogP contribution in [-0.2, 0) is 18.8 Å². The molecule has 0 saturated heterocycles. The van der Waals surface area contributed by atoms with Gasteiger partial charge in [0.05, 0.1) is 19.9 Å². The SMILES string of the molecule is CCn1cc2nc(SCc3ccc(C)cc3)n(Cc3ccc(OC)cc3)c(=O)c2n1. The molecule has 0 spiro atoms. The molecular formula is C23H24N4O2S. The van der Waals surface area contributed by atoms with Gasteiger partial charge in [0, 0.05) is 12.3 Å². The predicted octanol–water partition coefficient (Wildman–Crippen LogP) is 4.27. The molecule has 4 rings (SSSR count). The van der Waals surface area contributed by atoms with E-state index < -0.39 is 0 Å². The Labute approximate surface area is 179 Å². The Morgan fingerprint density at radius 2 is 1.73 bits per heavy atom. The predicted molar refractivity (Wildman–Crippen MR) is 120 cm³/mol. The Morgan fingerprint density at radius 3 is 2.40 bits per heavy atom. The molecule has 0 aliphatic rings. The summed E-state index contributed by atoms with van der Waals surface area (Å²) in [7, 11) is 1.64. The number of rotatable bonds is 7. The van der Waals surface area contributed by atoms with Gasteiger partial charge < -0.3 is 4.74 Å². The molecule has 30 heavy (non-hydrogen) atoms. The molecule has 0 aliphatic carbocycles. The van der Waals surface area contributed by atoms with E-state index in [9.17, 15) is 4.79 Å². The summed E-state index contributed by atoms with van der Waals surface area (Å²) in [5, 5.41) is 5.12. The van der Waals surface area contributed by atoms with Crippen LogP contribution in [0.1, 0.15) is 23.6 Å². The highest BCUT2D eigenvalue weighted by Gasteiger charge is 2.15. The van der Waals surface area contributed by atoms with Crippen molar-refractivity contribution < 1.29 is 4.74 Å². The molecule has 154 valence electrons. The van der Waals surface area contributed by atoms with E-state index in [4.69, 9.17) is 9.72 Å². The van der Waals surface area contributed by atoms with Gasteiger partial charge in [-0.05, 0) is 37.1 Å². The van der Waals surface area contributed by atoms with Gasteiger partial charge in [0.2, 0.25) is 0 Å². The summed E-state index contributed by atoms with van der Waals surface area (Å²) in [5.41, 5.74) is 4.36. The fourth-order valence-corrected chi connectivity index (χ4v) is 4.13. The third-order valence-electron chi connectivity index (χ3n) is 4.95. The van der Waals surface area contributed by atoms with Crippen LogP contribution in [0.15, 0.2) is 64.7 Å². The maximum Gasteiger partial charge on any atom is 0.282 e. The lowest BCUT2D eigenvalue weighted by atomic mass is 10.2. The molecule has 6 nitrogen and oxygen atoms in total. The quantitative estimate of drug-likeness (QED) is 0.330. The average Bonchev–Trinajstić information content (AvgIpc) is 3.19. The van der Waals surface area contributed by atoms with Crippen molar-refractivity contribution in [1.82, 2.24) is 19.3 Å². The Bertz CT molecular complexity index is 1210. The zero-order valence-corrected chi connectivity index (χ0v) is 18.1. The number of hydrogen-bond donors (Lipinski definition) is 0. The molecular weight excluding hydrogens is 396 g/mol. The van der Waals surface area contributed by atoms with Crippen LogP contribution in [0.4, 0.5) is 0 Å². The minimum atomic E-state index is -0.116. The van der Waals surface area contributed by atoms with Crippen LogP contribution in [0.25, 0.3) is 11.0 Å². The summed E-state index contributed by atoms with van der Waals surface area (Å²) in [6.07, 6.45) is 1.84. The Balaban J connectivity index is 1.72. The average molecular weight is 421 g/mol. The van der Waals surface area contributed by atoms with Crippen LogP contribution in [0.3, 0.4) is 0 Å². The van der Waals surface area contributed by atoms with Gasteiger partial charge in [-0.15, -0.1) is 0 Å². The van der Waals surface area contributed by atoms with Crippen molar-refractivity contribution in [3.05, 3.63) is 81.8 Å². The van der Waals surface area contributed by atoms with E-state index in [2.05, 4.69) is 36.3 Å². The third kappa shape index (κ3) is 4.26. The minimum absolute atomic E-state index is 0.116. The Morgan fingerprint density at radius 1 is 1.03 bits per heavy atom. The van der Waals surface area contributed by atoms with Gasteiger partial charge in [0.25, 0.3) is 5.56 Å². The number of benzene rings is 2. The third-order valence-corrected chi connectivity index (χ3v) is 6.00. The van der Waals surface area contributed by atoms with Gasteiger partial charge in [-0.1, -0.05) is 53.7 Å². The maximum atomic E-state index is 13.3. The molecule has 0 atom stereocenters.